The summed E-state index contributed by atoms with van der Waals surface area (Å²) in [5.74, 6) is -0.522. The number of benzene rings is 2. The highest BCUT2D eigenvalue weighted by molar-refractivity contribution is 6.32. The fourth-order valence-electron chi connectivity index (χ4n) is 2.82. The highest BCUT2D eigenvalue weighted by atomic mass is 35.5. The molecule has 0 saturated carbocycles. The number of rotatable bonds is 5. The Balaban J connectivity index is 2.04. The van der Waals surface area contributed by atoms with E-state index in [1.54, 1.807) is 19.1 Å². The maximum absolute atomic E-state index is 12.4. The van der Waals surface area contributed by atoms with Crippen LogP contribution in [0.2, 0.25) is 5.02 Å². The van der Waals surface area contributed by atoms with Gasteiger partial charge in [0.1, 0.15) is 11.4 Å². The number of nitrogens with zero attached hydrogens (tertiary/aromatic N) is 1. The van der Waals surface area contributed by atoms with Crippen LogP contribution in [-0.2, 0) is 16.1 Å². The molecule has 0 aliphatic carbocycles. The molecule has 0 atom stereocenters. The first-order valence-electron chi connectivity index (χ1n) is 8.22. The zero-order chi connectivity index (χ0) is 18.7. The number of aromatic nitrogens is 1. The van der Waals surface area contributed by atoms with Gasteiger partial charge in [-0.1, -0.05) is 35.9 Å². The minimum atomic E-state index is -0.442. The molecule has 0 spiro atoms. The van der Waals surface area contributed by atoms with E-state index in [4.69, 9.17) is 21.1 Å². The third-order valence-electron chi connectivity index (χ3n) is 3.89. The number of hydrogen-bond donors (Lipinski definition) is 0. The van der Waals surface area contributed by atoms with Gasteiger partial charge in [-0.2, -0.15) is 0 Å². The van der Waals surface area contributed by atoms with Gasteiger partial charge < -0.3 is 14.0 Å². The number of ether oxygens (including phenoxy) is 2. The molecule has 0 unspecified atom stereocenters. The lowest BCUT2D eigenvalue weighted by molar-refractivity contribution is -0.131. The largest absolute Gasteiger partial charge is 0.461 e. The minimum absolute atomic E-state index is 0.297. The summed E-state index contributed by atoms with van der Waals surface area (Å²) in [7, 11) is 0. The van der Waals surface area contributed by atoms with Crippen molar-refractivity contribution in [3.05, 3.63) is 64.8 Å². The van der Waals surface area contributed by atoms with Gasteiger partial charge >= 0.3 is 11.9 Å². The van der Waals surface area contributed by atoms with Crippen LogP contribution < -0.4 is 4.74 Å². The molecule has 5 nitrogen and oxygen atoms in total. The zero-order valence-electron chi connectivity index (χ0n) is 14.5. The Morgan fingerprint density at radius 3 is 2.62 bits per heavy atom. The van der Waals surface area contributed by atoms with Crippen molar-refractivity contribution >= 4 is 34.4 Å². The molecule has 134 valence electrons. The van der Waals surface area contributed by atoms with E-state index >= 15 is 0 Å². The monoisotopic (exact) mass is 371 g/mol. The van der Waals surface area contributed by atoms with Gasteiger partial charge in [-0.15, -0.1) is 0 Å². The number of para-hydroxylation sites is 1. The van der Waals surface area contributed by atoms with Crippen molar-refractivity contribution < 1.29 is 19.1 Å². The van der Waals surface area contributed by atoms with Gasteiger partial charge in [0.25, 0.3) is 0 Å². The molecule has 0 radical (unpaired) electrons. The molecule has 0 aliphatic heterocycles. The third-order valence-corrected chi connectivity index (χ3v) is 4.20. The molecular weight excluding hydrogens is 354 g/mol. The van der Waals surface area contributed by atoms with Crippen molar-refractivity contribution in [2.45, 2.75) is 20.4 Å². The number of hydrogen-bond acceptors (Lipinski definition) is 4. The van der Waals surface area contributed by atoms with Crippen LogP contribution in [0.5, 0.6) is 5.75 Å². The number of esters is 2. The van der Waals surface area contributed by atoms with Crippen LogP contribution >= 0.6 is 11.6 Å². The van der Waals surface area contributed by atoms with Gasteiger partial charge in [0, 0.05) is 24.4 Å². The quantitative estimate of drug-likeness (QED) is 0.491. The molecule has 0 N–H and O–H groups in total. The van der Waals surface area contributed by atoms with Gasteiger partial charge in [-0.05, 0) is 36.8 Å². The van der Waals surface area contributed by atoms with E-state index in [1.807, 2.05) is 41.0 Å². The number of halogens is 1. The molecule has 0 bridgehead atoms. The summed E-state index contributed by atoms with van der Waals surface area (Å²) in [5.41, 5.74) is 2.23. The summed E-state index contributed by atoms with van der Waals surface area (Å²) in [6.45, 7) is 3.81. The fraction of sp³-hybridized carbons (Fsp3) is 0.200. The Morgan fingerprint density at radius 1 is 1.12 bits per heavy atom. The van der Waals surface area contributed by atoms with E-state index in [9.17, 15) is 9.59 Å². The first-order chi connectivity index (χ1) is 12.5. The normalized spacial score (nSPS) is 10.7. The second-order valence-electron chi connectivity index (χ2n) is 5.75. The molecule has 2 aromatic carbocycles. The minimum Gasteiger partial charge on any atom is -0.461 e. The van der Waals surface area contributed by atoms with E-state index in [1.165, 1.54) is 6.92 Å². The molecule has 3 aromatic rings. The van der Waals surface area contributed by atoms with E-state index in [0.717, 1.165) is 16.5 Å². The van der Waals surface area contributed by atoms with Crippen molar-refractivity contribution in [1.29, 1.82) is 0 Å². The van der Waals surface area contributed by atoms with Crippen molar-refractivity contribution in [3.63, 3.8) is 0 Å². The lowest BCUT2D eigenvalue weighted by atomic mass is 10.2. The predicted octanol–water partition coefficient (Wildman–Crippen LogP) is 4.45. The van der Waals surface area contributed by atoms with Crippen molar-refractivity contribution in [2.24, 2.45) is 0 Å². The summed E-state index contributed by atoms with van der Waals surface area (Å²) in [6, 6.07) is 14.7. The van der Waals surface area contributed by atoms with Gasteiger partial charge in [-0.3, -0.25) is 4.79 Å². The van der Waals surface area contributed by atoms with Crippen LogP contribution in [0.4, 0.5) is 0 Å². The molecule has 3 rings (SSSR count). The standard InChI is InChI=1S/C20H18ClNO4/c1-3-25-20(24)18-11-15-6-4-5-7-17(15)22(18)12-14-8-9-16(21)19(10-14)26-13(2)23/h4-11H,3,12H2,1-2H3. The Hall–Kier alpha value is -2.79. The topological polar surface area (TPSA) is 57.5 Å². The maximum Gasteiger partial charge on any atom is 0.354 e. The Morgan fingerprint density at radius 2 is 1.88 bits per heavy atom. The molecule has 1 aromatic heterocycles. The molecule has 26 heavy (non-hydrogen) atoms. The molecule has 1 heterocycles. The van der Waals surface area contributed by atoms with E-state index < -0.39 is 5.97 Å². The van der Waals surface area contributed by atoms with E-state index in [0.29, 0.717) is 29.6 Å². The Kier molecular flexibility index (Phi) is 5.28. The fourth-order valence-corrected chi connectivity index (χ4v) is 2.97. The highest BCUT2D eigenvalue weighted by Gasteiger charge is 2.17. The first kappa shape index (κ1) is 18.0. The van der Waals surface area contributed by atoms with Crippen molar-refractivity contribution in [1.82, 2.24) is 4.57 Å². The van der Waals surface area contributed by atoms with Crippen LogP contribution in [0, 0.1) is 0 Å². The molecule has 0 aliphatic rings. The summed E-state index contributed by atoms with van der Waals surface area (Å²) in [4.78, 5) is 23.6. The Bertz CT molecular complexity index is 977. The smallest absolute Gasteiger partial charge is 0.354 e. The van der Waals surface area contributed by atoms with Gasteiger partial charge in [0.15, 0.2) is 0 Å². The van der Waals surface area contributed by atoms with Crippen LogP contribution in [0.15, 0.2) is 48.5 Å². The van der Waals surface area contributed by atoms with Gasteiger partial charge in [-0.25, -0.2) is 4.79 Å². The van der Waals surface area contributed by atoms with Crippen molar-refractivity contribution in [2.75, 3.05) is 6.61 Å². The van der Waals surface area contributed by atoms with Crippen LogP contribution in [-0.4, -0.2) is 23.1 Å². The summed E-state index contributed by atoms with van der Waals surface area (Å²) >= 11 is 6.08. The summed E-state index contributed by atoms with van der Waals surface area (Å²) < 4.78 is 12.2. The highest BCUT2D eigenvalue weighted by Crippen LogP contribution is 2.28. The van der Waals surface area contributed by atoms with Crippen LogP contribution in [0.3, 0.4) is 0 Å². The van der Waals surface area contributed by atoms with Gasteiger partial charge in [0.2, 0.25) is 0 Å². The van der Waals surface area contributed by atoms with Crippen molar-refractivity contribution in [3.8, 4) is 5.75 Å². The number of carbonyl (C=O) groups excluding carboxylic acids is 2. The summed E-state index contributed by atoms with van der Waals surface area (Å²) in [6.07, 6.45) is 0. The van der Waals surface area contributed by atoms with E-state index in [2.05, 4.69) is 0 Å². The lowest BCUT2D eigenvalue weighted by Crippen LogP contribution is -2.13. The SMILES string of the molecule is CCOC(=O)c1cc2ccccc2n1Cc1ccc(Cl)c(OC(C)=O)c1. The van der Waals surface area contributed by atoms with Gasteiger partial charge in [0.05, 0.1) is 11.6 Å². The molecular formula is C20H18ClNO4. The number of fused-ring (bicyclic) bond motifs is 1. The summed E-state index contributed by atoms with van der Waals surface area (Å²) in [5, 5.41) is 1.30. The number of carbonyl (C=O) groups is 2. The average Bonchev–Trinajstić information content (AvgIpc) is 2.96. The maximum atomic E-state index is 12.4. The molecule has 0 fully saturated rings. The second-order valence-corrected chi connectivity index (χ2v) is 6.16. The molecule has 0 saturated heterocycles. The Labute approximate surface area is 156 Å². The zero-order valence-corrected chi connectivity index (χ0v) is 15.2. The first-order valence-corrected chi connectivity index (χ1v) is 8.59. The van der Waals surface area contributed by atoms with E-state index in [-0.39, 0.29) is 5.97 Å². The average molecular weight is 372 g/mol. The lowest BCUT2D eigenvalue weighted by Gasteiger charge is -2.12. The third kappa shape index (κ3) is 3.73. The second kappa shape index (κ2) is 7.62. The predicted molar refractivity (Wildman–Crippen MR) is 99.8 cm³/mol. The van der Waals surface area contributed by atoms with Crippen LogP contribution in [0.25, 0.3) is 10.9 Å². The van der Waals surface area contributed by atoms with Crippen LogP contribution in [0.1, 0.15) is 29.9 Å². The molecule has 0 amide bonds. The molecule has 6 heteroatoms.